The molecule has 2 aromatic carbocycles. The van der Waals surface area contributed by atoms with E-state index >= 15 is 0 Å². The molecule has 0 aliphatic heterocycles. The van der Waals surface area contributed by atoms with Crippen LogP contribution in [0.3, 0.4) is 0 Å². The van der Waals surface area contributed by atoms with Crippen molar-refractivity contribution in [2.45, 2.75) is 6.92 Å². The number of aromatic carboxylic acids is 1. The number of nitrogen functional groups attached to an aromatic ring is 1. The first-order valence-corrected chi connectivity index (χ1v) is 6.19. The van der Waals surface area contributed by atoms with Gasteiger partial charge < -0.3 is 15.7 Å². The maximum Gasteiger partial charge on any atom is 0.335 e. The number of rotatable bonds is 4. The Balaban J connectivity index is 2.55. The lowest BCUT2D eigenvalue weighted by atomic mass is 10.1. The minimum absolute atomic E-state index is 0.115. The number of carbonyl (C=O) groups is 1. The molecule has 0 fully saturated rings. The van der Waals surface area contributed by atoms with E-state index in [0.29, 0.717) is 23.6 Å². The Morgan fingerprint density at radius 2 is 1.95 bits per heavy atom. The monoisotopic (exact) mass is 274 g/mol. The van der Waals surface area contributed by atoms with Crippen molar-refractivity contribution >= 4 is 23.0 Å². The summed E-state index contributed by atoms with van der Waals surface area (Å²) in [5.74, 6) is -1.43. The zero-order chi connectivity index (χ0) is 14.7. The van der Waals surface area contributed by atoms with Crippen molar-refractivity contribution in [2.24, 2.45) is 0 Å². The van der Waals surface area contributed by atoms with Gasteiger partial charge in [0.25, 0.3) is 0 Å². The Bertz CT molecular complexity index is 644. The standard InChI is InChI=1S/C15H15FN2O2/c1-2-18(13-6-4-3-5-11(13)16)14-9-10(15(19)20)7-8-12(14)17/h3-9H,2,17H2,1H3,(H,19,20). The number of hydrogen-bond acceptors (Lipinski definition) is 3. The summed E-state index contributed by atoms with van der Waals surface area (Å²) in [5, 5.41) is 9.05. The molecule has 5 heteroatoms. The van der Waals surface area contributed by atoms with Crippen molar-refractivity contribution in [1.82, 2.24) is 0 Å². The molecule has 0 amide bonds. The summed E-state index contributed by atoms with van der Waals surface area (Å²) in [5.41, 5.74) is 7.26. The molecule has 3 N–H and O–H groups in total. The number of hydrogen-bond donors (Lipinski definition) is 2. The zero-order valence-corrected chi connectivity index (χ0v) is 11.0. The number of carboxylic acid groups (broad SMARTS) is 1. The van der Waals surface area contributed by atoms with Gasteiger partial charge in [0.1, 0.15) is 5.82 Å². The first-order chi connectivity index (χ1) is 9.54. The quantitative estimate of drug-likeness (QED) is 0.840. The molecular weight excluding hydrogens is 259 g/mol. The number of halogens is 1. The van der Waals surface area contributed by atoms with Crippen LogP contribution in [-0.2, 0) is 0 Å². The molecule has 0 unspecified atom stereocenters. The van der Waals surface area contributed by atoms with E-state index in [1.165, 1.54) is 24.3 Å². The Morgan fingerprint density at radius 1 is 1.25 bits per heavy atom. The molecule has 0 heterocycles. The molecule has 0 aromatic heterocycles. The molecule has 0 atom stereocenters. The normalized spacial score (nSPS) is 10.3. The lowest BCUT2D eigenvalue weighted by Gasteiger charge is -2.25. The third kappa shape index (κ3) is 2.56. The predicted molar refractivity (Wildman–Crippen MR) is 76.9 cm³/mol. The highest BCUT2D eigenvalue weighted by Gasteiger charge is 2.16. The predicted octanol–water partition coefficient (Wildman–Crippen LogP) is 3.26. The van der Waals surface area contributed by atoms with Gasteiger partial charge in [-0.25, -0.2) is 9.18 Å². The van der Waals surface area contributed by atoms with Crippen LogP contribution in [0.2, 0.25) is 0 Å². The molecule has 0 aliphatic rings. The summed E-state index contributed by atoms with van der Waals surface area (Å²) in [4.78, 5) is 12.7. The van der Waals surface area contributed by atoms with Gasteiger partial charge in [0.2, 0.25) is 0 Å². The van der Waals surface area contributed by atoms with Crippen molar-refractivity contribution in [3.63, 3.8) is 0 Å². The smallest absolute Gasteiger partial charge is 0.335 e. The summed E-state index contributed by atoms with van der Waals surface area (Å²) in [6.45, 7) is 2.31. The molecule has 2 aromatic rings. The highest BCUT2D eigenvalue weighted by Crippen LogP contribution is 2.32. The molecule has 104 valence electrons. The van der Waals surface area contributed by atoms with E-state index in [9.17, 15) is 9.18 Å². The van der Waals surface area contributed by atoms with Crippen LogP contribution in [0.4, 0.5) is 21.5 Å². The molecule has 20 heavy (non-hydrogen) atoms. The Kier molecular flexibility index (Phi) is 3.89. The van der Waals surface area contributed by atoms with E-state index in [0.717, 1.165) is 0 Å². The van der Waals surface area contributed by atoms with Crippen LogP contribution in [0.15, 0.2) is 42.5 Å². The van der Waals surface area contributed by atoms with Gasteiger partial charge in [-0.3, -0.25) is 0 Å². The number of para-hydroxylation sites is 1. The Labute approximate surface area is 116 Å². The maximum absolute atomic E-state index is 13.9. The Morgan fingerprint density at radius 3 is 2.55 bits per heavy atom. The summed E-state index contributed by atoms with van der Waals surface area (Å²) in [6, 6.07) is 10.7. The third-order valence-electron chi connectivity index (χ3n) is 3.03. The van der Waals surface area contributed by atoms with Crippen LogP contribution in [-0.4, -0.2) is 17.6 Å². The summed E-state index contributed by atoms with van der Waals surface area (Å²) < 4.78 is 13.9. The van der Waals surface area contributed by atoms with Crippen LogP contribution in [0, 0.1) is 5.82 Å². The van der Waals surface area contributed by atoms with Crippen LogP contribution >= 0.6 is 0 Å². The highest BCUT2D eigenvalue weighted by atomic mass is 19.1. The SMILES string of the molecule is CCN(c1cc(C(=O)O)ccc1N)c1ccccc1F. The molecule has 0 saturated heterocycles. The maximum atomic E-state index is 13.9. The molecule has 0 bridgehead atoms. The van der Waals surface area contributed by atoms with Gasteiger partial charge >= 0.3 is 5.97 Å². The van der Waals surface area contributed by atoms with E-state index in [2.05, 4.69) is 0 Å². The summed E-state index contributed by atoms with van der Waals surface area (Å²) >= 11 is 0. The first kappa shape index (κ1) is 13.9. The number of carboxylic acids is 1. The number of benzene rings is 2. The summed E-state index contributed by atoms with van der Waals surface area (Å²) in [6.07, 6.45) is 0. The van der Waals surface area contributed by atoms with Crippen molar-refractivity contribution in [1.29, 1.82) is 0 Å². The van der Waals surface area contributed by atoms with Crippen LogP contribution in [0.5, 0.6) is 0 Å². The zero-order valence-electron chi connectivity index (χ0n) is 11.0. The average molecular weight is 274 g/mol. The van der Waals surface area contributed by atoms with E-state index in [1.54, 1.807) is 23.1 Å². The van der Waals surface area contributed by atoms with Gasteiger partial charge in [0.05, 0.1) is 22.6 Å². The molecule has 2 rings (SSSR count). The van der Waals surface area contributed by atoms with Crippen molar-refractivity contribution in [2.75, 3.05) is 17.2 Å². The van der Waals surface area contributed by atoms with Crippen molar-refractivity contribution in [3.8, 4) is 0 Å². The molecule has 0 radical (unpaired) electrons. The van der Waals surface area contributed by atoms with Gasteiger partial charge in [-0.15, -0.1) is 0 Å². The van der Waals surface area contributed by atoms with Crippen molar-refractivity contribution < 1.29 is 14.3 Å². The van der Waals surface area contributed by atoms with Gasteiger partial charge in [-0.2, -0.15) is 0 Å². The molecule has 0 aliphatic carbocycles. The fraction of sp³-hybridized carbons (Fsp3) is 0.133. The minimum Gasteiger partial charge on any atom is -0.478 e. The fourth-order valence-corrected chi connectivity index (χ4v) is 2.05. The lowest BCUT2D eigenvalue weighted by molar-refractivity contribution is 0.0697. The second-order valence-corrected chi connectivity index (χ2v) is 4.27. The largest absolute Gasteiger partial charge is 0.478 e. The van der Waals surface area contributed by atoms with E-state index in [-0.39, 0.29) is 11.4 Å². The van der Waals surface area contributed by atoms with E-state index in [4.69, 9.17) is 10.8 Å². The highest BCUT2D eigenvalue weighted by molar-refractivity contribution is 5.91. The fourth-order valence-electron chi connectivity index (χ4n) is 2.05. The number of anilines is 3. The first-order valence-electron chi connectivity index (χ1n) is 6.19. The van der Waals surface area contributed by atoms with Crippen LogP contribution < -0.4 is 10.6 Å². The third-order valence-corrected chi connectivity index (χ3v) is 3.03. The van der Waals surface area contributed by atoms with E-state index in [1.807, 2.05) is 6.92 Å². The molecular formula is C15H15FN2O2. The second kappa shape index (κ2) is 5.61. The van der Waals surface area contributed by atoms with Gasteiger partial charge in [0.15, 0.2) is 0 Å². The van der Waals surface area contributed by atoms with Crippen molar-refractivity contribution in [3.05, 3.63) is 53.8 Å². The average Bonchev–Trinajstić information content (AvgIpc) is 2.43. The molecule has 0 saturated carbocycles. The number of nitrogens with two attached hydrogens (primary N) is 1. The van der Waals surface area contributed by atoms with E-state index < -0.39 is 5.97 Å². The Hall–Kier alpha value is -2.56. The van der Waals surface area contributed by atoms with Crippen LogP contribution in [0.1, 0.15) is 17.3 Å². The van der Waals surface area contributed by atoms with Gasteiger partial charge in [-0.1, -0.05) is 12.1 Å². The number of nitrogens with zero attached hydrogens (tertiary/aromatic N) is 1. The topological polar surface area (TPSA) is 66.6 Å². The second-order valence-electron chi connectivity index (χ2n) is 4.27. The van der Waals surface area contributed by atoms with Gasteiger partial charge in [0, 0.05) is 6.54 Å². The van der Waals surface area contributed by atoms with Crippen LogP contribution in [0.25, 0.3) is 0 Å². The minimum atomic E-state index is -1.05. The molecule has 0 spiro atoms. The van der Waals surface area contributed by atoms with Gasteiger partial charge in [-0.05, 0) is 37.3 Å². The molecule has 4 nitrogen and oxygen atoms in total. The lowest BCUT2D eigenvalue weighted by Crippen LogP contribution is -2.19. The summed E-state index contributed by atoms with van der Waals surface area (Å²) in [7, 11) is 0.